The molecule has 6 nitrogen and oxygen atoms in total. The molecule has 2 N–H and O–H groups in total. The van der Waals surface area contributed by atoms with E-state index in [2.05, 4.69) is 15.1 Å². The maximum absolute atomic E-state index is 6.30. The summed E-state index contributed by atoms with van der Waals surface area (Å²) >= 11 is 6.30. The Morgan fingerprint density at radius 3 is 2.73 bits per heavy atom. The van der Waals surface area contributed by atoms with Crippen LogP contribution in [0.5, 0.6) is 5.75 Å². The molecule has 0 atom stereocenters. The van der Waals surface area contributed by atoms with Crippen molar-refractivity contribution in [3.63, 3.8) is 0 Å². The van der Waals surface area contributed by atoms with Gasteiger partial charge in [-0.2, -0.15) is 5.10 Å². The summed E-state index contributed by atoms with van der Waals surface area (Å²) in [5.41, 5.74) is 8.20. The van der Waals surface area contributed by atoms with Crippen molar-refractivity contribution in [2.75, 3.05) is 5.73 Å². The van der Waals surface area contributed by atoms with Gasteiger partial charge in [-0.25, -0.2) is 14.6 Å². The highest BCUT2D eigenvalue weighted by Gasteiger charge is 2.16. The van der Waals surface area contributed by atoms with Crippen LogP contribution in [0.1, 0.15) is 13.8 Å². The first-order valence-corrected chi connectivity index (χ1v) is 7.25. The average Bonchev–Trinajstić information content (AvgIpc) is 2.80. The van der Waals surface area contributed by atoms with E-state index in [1.807, 2.05) is 39.1 Å². The quantitative estimate of drug-likeness (QED) is 0.803. The summed E-state index contributed by atoms with van der Waals surface area (Å²) in [6.07, 6.45) is 1.48. The van der Waals surface area contributed by atoms with Gasteiger partial charge in [-0.05, 0) is 32.0 Å². The molecule has 0 aliphatic carbocycles. The Morgan fingerprint density at radius 2 is 2.05 bits per heavy atom. The van der Waals surface area contributed by atoms with Crippen LogP contribution in [0, 0.1) is 0 Å². The zero-order chi connectivity index (χ0) is 15.9. The Balaban J connectivity index is 2.14. The highest BCUT2D eigenvalue weighted by Crippen LogP contribution is 2.34. The molecule has 0 amide bonds. The first-order chi connectivity index (χ1) is 10.5. The van der Waals surface area contributed by atoms with Crippen molar-refractivity contribution in [1.82, 2.24) is 19.7 Å². The topological polar surface area (TPSA) is 78.8 Å². The number of nitrogens with zero attached hydrogens (tertiary/aromatic N) is 4. The minimum absolute atomic E-state index is 0.0584. The fourth-order valence-electron chi connectivity index (χ4n) is 2.31. The van der Waals surface area contributed by atoms with Gasteiger partial charge in [-0.1, -0.05) is 11.6 Å². The first kappa shape index (κ1) is 14.6. The average molecular weight is 318 g/mol. The van der Waals surface area contributed by atoms with Gasteiger partial charge in [0.05, 0.1) is 16.5 Å². The van der Waals surface area contributed by atoms with Crippen LogP contribution in [0.25, 0.3) is 22.3 Å². The predicted molar refractivity (Wildman–Crippen MR) is 86.9 cm³/mol. The lowest BCUT2D eigenvalue weighted by molar-refractivity contribution is 0.242. The molecular formula is C15H16ClN5O. The minimum atomic E-state index is 0.0584. The number of nitrogens with two attached hydrogens (primary N) is 1. The fraction of sp³-hybridized carbons (Fsp3) is 0.267. The number of rotatable bonds is 3. The van der Waals surface area contributed by atoms with Crippen LogP contribution in [0.15, 0.2) is 24.5 Å². The Morgan fingerprint density at radius 1 is 1.27 bits per heavy atom. The summed E-state index contributed by atoms with van der Waals surface area (Å²) < 4.78 is 7.32. The molecule has 22 heavy (non-hydrogen) atoms. The summed E-state index contributed by atoms with van der Waals surface area (Å²) in [6.45, 7) is 3.91. The van der Waals surface area contributed by atoms with Crippen LogP contribution in [-0.2, 0) is 7.05 Å². The molecule has 114 valence electrons. The number of aryl methyl sites for hydroxylation is 1. The monoisotopic (exact) mass is 317 g/mol. The molecular weight excluding hydrogens is 302 g/mol. The lowest BCUT2D eigenvalue weighted by Gasteiger charge is -2.11. The van der Waals surface area contributed by atoms with Crippen LogP contribution in [0.2, 0.25) is 5.02 Å². The maximum Gasteiger partial charge on any atom is 0.163 e. The molecule has 0 aliphatic heterocycles. The highest BCUT2D eigenvalue weighted by atomic mass is 35.5. The summed E-state index contributed by atoms with van der Waals surface area (Å²) in [5, 5.41) is 5.74. The van der Waals surface area contributed by atoms with E-state index in [1.165, 1.54) is 6.33 Å². The standard InChI is InChI=1S/C15H16ClN5O/c1-8(2)22-11-5-4-9(6-10(11)16)13-12-14(17)18-7-19-15(12)21(3)20-13/h4-8H,1-3H3,(H2,17,18,19). The summed E-state index contributed by atoms with van der Waals surface area (Å²) in [5.74, 6) is 1.04. The number of benzene rings is 1. The number of anilines is 1. The van der Waals surface area contributed by atoms with E-state index >= 15 is 0 Å². The molecule has 0 radical (unpaired) electrons. The lowest BCUT2D eigenvalue weighted by Crippen LogP contribution is -2.05. The Kier molecular flexibility index (Phi) is 3.62. The number of fused-ring (bicyclic) bond motifs is 1. The number of nitrogen functional groups attached to an aromatic ring is 1. The van der Waals surface area contributed by atoms with Crippen LogP contribution < -0.4 is 10.5 Å². The first-order valence-electron chi connectivity index (χ1n) is 6.87. The molecule has 0 unspecified atom stereocenters. The molecule has 3 rings (SSSR count). The molecule has 0 aliphatic rings. The lowest BCUT2D eigenvalue weighted by atomic mass is 10.1. The van der Waals surface area contributed by atoms with Crippen LogP contribution in [-0.4, -0.2) is 25.9 Å². The van der Waals surface area contributed by atoms with Gasteiger partial charge in [-0.15, -0.1) is 0 Å². The summed E-state index contributed by atoms with van der Waals surface area (Å²) in [7, 11) is 1.82. The van der Waals surface area contributed by atoms with Crippen molar-refractivity contribution in [3.05, 3.63) is 29.5 Å². The predicted octanol–water partition coefficient (Wildman–Crippen LogP) is 3.05. The number of aromatic nitrogens is 4. The normalized spacial score (nSPS) is 11.3. The van der Waals surface area contributed by atoms with Gasteiger partial charge < -0.3 is 10.5 Å². The second kappa shape index (κ2) is 5.46. The van der Waals surface area contributed by atoms with Gasteiger partial charge in [0.25, 0.3) is 0 Å². The third kappa shape index (κ3) is 2.46. The van der Waals surface area contributed by atoms with E-state index in [0.717, 1.165) is 10.9 Å². The Bertz CT molecular complexity index is 843. The second-order valence-corrected chi connectivity index (χ2v) is 5.65. The van der Waals surface area contributed by atoms with Gasteiger partial charge in [0.2, 0.25) is 0 Å². The van der Waals surface area contributed by atoms with E-state index < -0.39 is 0 Å². The largest absolute Gasteiger partial charge is 0.489 e. The molecule has 0 bridgehead atoms. The molecule has 3 aromatic rings. The van der Waals surface area contributed by atoms with E-state index in [4.69, 9.17) is 22.1 Å². The Labute approximate surface area is 132 Å². The van der Waals surface area contributed by atoms with Crippen LogP contribution in [0.4, 0.5) is 5.82 Å². The Hall–Kier alpha value is -2.34. The SMILES string of the molecule is CC(C)Oc1ccc(-c2nn(C)c3ncnc(N)c23)cc1Cl. The zero-order valence-corrected chi connectivity index (χ0v) is 13.3. The molecule has 0 spiro atoms. The zero-order valence-electron chi connectivity index (χ0n) is 12.5. The maximum atomic E-state index is 6.30. The fourth-order valence-corrected chi connectivity index (χ4v) is 2.53. The molecule has 1 aromatic carbocycles. The van der Waals surface area contributed by atoms with Crippen molar-refractivity contribution < 1.29 is 4.74 Å². The van der Waals surface area contributed by atoms with Gasteiger partial charge in [0, 0.05) is 12.6 Å². The van der Waals surface area contributed by atoms with Gasteiger partial charge in [0.1, 0.15) is 23.6 Å². The van der Waals surface area contributed by atoms with Crippen molar-refractivity contribution in [2.24, 2.45) is 7.05 Å². The van der Waals surface area contributed by atoms with Crippen LogP contribution in [0.3, 0.4) is 0 Å². The van der Waals surface area contributed by atoms with Crippen molar-refractivity contribution >= 4 is 28.5 Å². The highest BCUT2D eigenvalue weighted by molar-refractivity contribution is 6.32. The van der Waals surface area contributed by atoms with Crippen molar-refractivity contribution in [2.45, 2.75) is 20.0 Å². The smallest absolute Gasteiger partial charge is 0.163 e. The molecule has 7 heteroatoms. The minimum Gasteiger partial charge on any atom is -0.489 e. The van der Waals surface area contributed by atoms with Crippen LogP contribution >= 0.6 is 11.6 Å². The number of halogens is 1. The summed E-state index contributed by atoms with van der Waals surface area (Å²) in [6, 6.07) is 5.55. The molecule has 2 heterocycles. The van der Waals surface area contributed by atoms with Gasteiger partial charge in [0.15, 0.2) is 5.65 Å². The molecule has 0 fully saturated rings. The van der Waals surface area contributed by atoms with E-state index in [9.17, 15) is 0 Å². The third-order valence-electron chi connectivity index (χ3n) is 3.22. The van der Waals surface area contributed by atoms with Gasteiger partial charge in [-0.3, -0.25) is 0 Å². The van der Waals surface area contributed by atoms with Crippen molar-refractivity contribution in [1.29, 1.82) is 0 Å². The summed E-state index contributed by atoms with van der Waals surface area (Å²) in [4.78, 5) is 8.26. The van der Waals surface area contributed by atoms with E-state index in [0.29, 0.717) is 27.9 Å². The van der Waals surface area contributed by atoms with Crippen molar-refractivity contribution in [3.8, 4) is 17.0 Å². The number of hydrogen-bond acceptors (Lipinski definition) is 5. The van der Waals surface area contributed by atoms with E-state index in [-0.39, 0.29) is 6.10 Å². The van der Waals surface area contributed by atoms with Gasteiger partial charge >= 0.3 is 0 Å². The molecule has 0 saturated heterocycles. The van der Waals surface area contributed by atoms with E-state index in [1.54, 1.807) is 4.68 Å². The molecule has 2 aromatic heterocycles. The molecule has 0 saturated carbocycles. The second-order valence-electron chi connectivity index (χ2n) is 5.24. The third-order valence-corrected chi connectivity index (χ3v) is 3.51. The number of ether oxygens (including phenoxy) is 1. The number of hydrogen-bond donors (Lipinski definition) is 1.